The topological polar surface area (TPSA) is 51.2 Å². The van der Waals surface area contributed by atoms with E-state index < -0.39 is 0 Å². The molecule has 1 aromatic heterocycles. The molecule has 0 aliphatic carbocycles. The molecule has 1 heterocycles. The van der Waals surface area contributed by atoms with Crippen molar-refractivity contribution in [1.82, 2.24) is 4.98 Å². The summed E-state index contributed by atoms with van der Waals surface area (Å²) in [5.41, 5.74) is 1.87. The van der Waals surface area contributed by atoms with Crippen LogP contribution in [0, 0.1) is 5.82 Å². The van der Waals surface area contributed by atoms with Gasteiger partial charge in [0.1, 0.15) is 17.3 Å². The number of amides is 1. The Morgan fingerprint density at radius 3 is 2.43 bits per heavy atom. The lowest BCUT2D eigenvalue weighted by Crippen LogP contribution is -2.12. The summed E-state index contributed by atoms with van der Waals surface area (Å²) < 4.78 is 18.9. The minimum atomic E-state index is -0.313. The second-order valence-electron chi connectivity index (χ2n) is 5.91. The molecule has 0 spiro atoms. The van der Waals surface area contributed by atoms with E-state index in [0.717, 1.165) is 5.56 Å². The first-order valence-corrected chi connectivity index (χ1v) is 9.42. The number of benzene rings is 3. The van der Waals surface area contributed by atoms with Crippen molar-refractivity contribution in [2.24, 2.45) is 0 Å². The number of hydrogen-bond donors (Lipinski definition) is 1. The predicted molar refractivity (Wildman–Crippen MR) is 108 cm³/mol. The summed E-state index contributed by atoms with van der Waals surface area (Å²) in [5.74, 6) is 0.492. The van der Waals surface area contributed by atoms with E-state index in [2.05, 4.69) is 10.3 Å². The molecule has 0 aliphatic heterocycles. The van der Waals surface area contributed by atoms with Gasteiger partial charge in [0.25, 0.3) is 5.91 Å². The zero-order chi connectivity index (χ0) is 19.3. The van der Waals surface area contributed by atoms with Gasteiger partial charge in [-0.2, -0.15) is 0 Å². The molecule has 0 saturated carbocycles. The second-order valence-corrected chi connectivity index (χ2v) is 6.77. The van der Waals surface area contributed by atoms with Gasteiger partial charge in [0, 0.05) is 10.9 Å². The van der Waals surface area contributed by atoms with Crippen LogP contribution in [0.2, 0.25) is 0 Å². The van der Waals surface area contributed by atoms with Crippen LogP contribution >= 0.6 is 11.3 Å². The van der Waals surface area contributed by atoms with E-state index >= 15 is 0 Å². The Hall–Kier alpha value is -3.51. The van der Waals surface area contributed by atoms with E-state index in [0.29, 0.717) is 27.9 Å². The summed E-state index contributed by atoms with van der Waals surface area (Å²) in [6.45, 7) is 0. The average molecular weight is 390 g/mol. The normalized spacial score (nSPS) is 10.5. The van der Waals surface area contributed by atoms with Crippen molar-refractivity contribution in [2.75, 3.05) is 5.32 Å². The number of ether oxygens (including phenoxy) is 1. The van der Waals surface area contributed by atoms with Crippen LogP contribution in [0.1, 0.15) is 10.4 Å². The van der Waals surface area contributed by atoms with E-state index in [1.54, 1.807) is 30.3 Å². The third-order valence-corrected chi connectivity index (χ3v) is 4.73. The lowest BCUT2D eigenvalue weighted by molar-refractivity contribution is 0.102. The Bertz CT molecular complexity index is 1090. The molecule has 0 radical (unpaired) electrons. The fraction of sp³-hybridized carbons (Fsp3) is 0. The minimum absolute atomic E-state index is 0.303. The number of para-hydroxylation sites is 2. The number of carbonyl (C=O) groups is 1. The molecule has 0 saturated heterocycles. The van der Waals surface area contributed by atoms with Crippen LogP contribution in [0.4, 0.5) is 9.52 Å². The highest BCUT2D eigenvalue weighted by Gasteiger charge is 2.15. The van der Waals surface area contributed by atoms with Crippen molar-refractivity contribution in [1.29, 1.82) is 0 Å². The molecule has 4 nitrogen and oxygen atoms in total. The summed E-state index contributed by atoms with van der Waals surface area (Å²) >= 11 is 1.30. The third-order valence-electron chi connectivity index (χ3n) is 3.97. The van der Waals surface area contributed by atoms with Crippen molar-refractivity contribution in [3.8, 4) is 22.8 Å². The second kappa shape index (κ2) is 8.02. The van der Waals surface area contributed by atoms with Gasteiger partial charge in [-0.3, -0.25) is 10.1 Å². The van der Waals surface area contributed by atoms with Gasteiger partial charge in [-0.15, -0.1) is 11.3 Å². The van der Waals surface area contributed by atoms with Crippen molar-refractivity contribution < 1.29 is 13.9 Å². The fourth-order valence-corrected chi connectivity index (χ4v) is 3.32. The first-order valence-electron chi connectivity index (χ1n) is 8.54. The molecule has 0 fully saturated rings. The van der Waals surface area contributed by atoms with Crippen molar-refractivity contribution in [2.45, 2.75) is 0 Å². The fourth-order valence-electron chi connectivity index (χ4n) is 2.61. The zero-order valence-corrected chi connectivity index (χ0v) is 15.4. The first-order chi connectivity index (χ1) is 13.7. The van der Waals surface area contributed by atoms with Crippen LogP contribution in [-0.4, -0.2) is 10.9 Å². The molecule has 138 valence electrons. The maximum Gasteiger partial charge on any atom is 0.261 e. The Balaban J connectivity index is 1.52. The van der Waals surface area contributed by atoms with E-state index in [-0.39, 0.29) is 11.7 Å². The number of thiazole rings is 1. The molecule has 3 aromatic carbocycles. The molecule has 4 rings (SSSR count). The van der Waals surface area contributed by atoms with Crippen LogP contribution in [0.5, 0.6) is 11.5 Å². The Morgan fingerprint density at radius 1 is 0.929 bits per heavy atom. The molecule has 0 aliphatic rings. The highest BCUT2D eigenvalue weighted by atomic mass is 32.1. The molecule has 6 heteroatoms. The summed E-state index contributed by atoms with van der Waals surface area (Å²) in [4.78, 5) is 17.2. The number of aromatic nitrogens is 1. The SMILES string of the molecule is O=C(Nc1nc(-c2ccc(F)cc2)cs1)c1ccccc1Oc1ccccc1. The average Bonchev–Trinajstić information content (AvgIpc) is 3.18. The summed E-state index contributed by atoms with van der Waals surface area (Å²) in [6, 6.07) is 22.4. The van der Waals surface area contributed by atoms with Crippen LogP contribution < -0.4 is 10.1 Å². The number of anilines is 1. The lowest BCUT2D eigenvalue weighted by atomic mass is 10.2. The summed E-state index contributed by atoms with van der Waals surface area (Å²) in [6.07, 6.45) is 0. The summed E-state index contributed by atoms with van der Waals surface area (Å²) in [5, 5.41) is 5.07. The van der Waals surface area contributed by atoms with Crippen LogP contribution in [0.15, 0.2) is 84.2 Å². The number of nitrogens with one attached hydrogen (secondary N) is 1. The quantitative estimate of drug-likeness (QED) is 0.455. The lowest BCUT2D eigenvalue weighted by Gasteiger charge is -2.10. The first kappa shape index (κ1) is 17.9. The number of rotatable bonds is 5. The highest BCUT2D eigenvalue weighted by Crippen LogP contribution is 2.28. The van der Waals surface area contributed by atoms with Crippen molar-refractivity contribution in [3.63, 3.8) is 0 Å². The van der Waals surface area contributed by atoms with Gasteiger partial charge in [-0.1, -0.05) is 30.3 Å². The third kappa shape index (κ3) is 4.07. The molecular formula is C22H15FN2O2S. The minimum Gasteiger partial charge on any atom is -0.457 e. The largest absolute Gasteiger partial charge is 0.457 e. The Labute approximate surface area is 165 Å². The number of carbonyl (C=O) groups excluding carboxylic acids is 1. The molecule has 1 N–H and O–H groups in total. The van der Waals surface area contributed by atoms with E-state index in [1.165, 1.54) is 23.5 Å². The van der Waals surface area contributed by atoms with Gasteiger partial charge < -0.3 is 4.74 Å². The van der Waals surface area contributed by atoms with Gasteiger partial charge in [0.2, 0.25) is 0 Å². The number of hydrogen-bond acceptors (Lipinski definition) is 4. The highest BCUT2D eigenvalue weighted by molar-refractivity contribution is 7.14. The van der Waals surface area contributed by atoms with E-state index in [9.17, 15) is 9.18 Å². The molecule has 0 atom stereocenters. The van der Waals surface area contributed by atoms with Crippen LogP contribution in [0.25, 0.3) is 11.3 Å². The van der Waals surface area contributed by atoms with Gasteiger partial charge >= 0.3 is 0 Å². The van der Waals surface area contributed by atoms with E-state index in [4.69, 9.17) is 4.74 Å². The summed E-state index contributed by atoms with van der Waals surface area (Å²) in [7, 11) is 0. The van der Waals surface area contributed by atoms with Gasteiger partial charge in [0.15, 0.2) is 5.13 Å². The van der Waals surface area contributed by atoms with Gasteiger partial charge in [-0.05, 0) is 48.5 Å². The molecule has 0 bridgehead atoms. The molecule has 0 unspecified atom stereocenters. The van der Waals surface area contributed by atoms with Crippen LogP contribution in [0.3, 0.4) is 0 Å². The van der Waals surface area contributed by atoms with Crippen molar-refractivity contribution in [3.05, 3.63) is 95.6 Å². The Kier molecular flexibility index (Phi) is 5.12. The maximum absolute atomic E-state index is 13.1. The standard InChI is InChI=1S/C22H15FN2O2S/c23-16-12-10-15(11-13-16)19-14-28-22(24-19)25-21(26)18-8-4-5-9-20(18)27-17-6-2-1-3-7-17/h1-14H,(H,24,25,26). The van der Waals surface area contributed by atoms with E-state index in [1.807, 2.05) is 41.8 Å². The Morgan fingerprint density at radius 2 is 1.64 bits per heavy atom. The number of nitrogens with zero attached hydrogens (tertiary/aromatic N) is 1. The number of halogens is 1. The molecule has 1 amide bonds. The predicted octanol–water partition coefficient (Wildman–Crippen LogP) is 5.99. The maximum atomic E-state index is 13.1. The molecule has 28 heavy (non-hydrogen) atoms. The van der Waals surface area contributed by atoms with Gasteiger partial charge in [-0.25, -0.2) is 9.37 Å². The molecular weight excluding hydrogens is 375 g/mol. The van der Waals surface area contributed by atoms with Crippen molar-refractivity contribution >= 4 is 22.4 Å². The van der Waals surface area contributed by atoms with Gasteiger partial charge in [0.05, 0.1) is 11.3 Å². The zero-order valence-electron chi connectivity index (χ0n) is 14.6. The van der Waals surface area contributed by atoms with Crippen LogP contribution in [-0.2, 0) is 0 Å². The molecule has 4 aromatic rings. The monoisotopic (exact) mass is 390 g/mol. The smallest absolute Gasteiger partial charge is 0.261 e.